The number of hydrogen-bond acceptors (Lipinski definition) is 4. The van der Waals surface area contributed by atoms with E-state index in [0.717, 1.165) is 11.1 Å². The first-order valence-corrected chi connectivity index (χ1v) is 9.57. The first-order valence-electron chi connectivity index (χ1n) is 9.57. The molecule has 0 aromatic heterocycles. The highest BCUT2D eigenvalue weighted by molar-refractivity contribution is 5.97. The lowest BCUT2D eigenvalue weighted by Gasteiger charge is -2.17. The lowest BCUT2D eigenvalue weighted by atomic mass is 10.1. The molecule has 0 spiro atoms. The smallest absolute Gasteiger partial charge is 0.265 e. The van der Waals surface area contributed by atoms with Gasteiger partial charge in [0, 0.05) is 5.69 Å². The van der Waals surface area contributed by atoms with Crippen LogP contribution in [0.25, 0.3) is 0 Å². The Morgan fingerprint density at radius 3 is 2.37 bits per heavy atom. The first kappa shape index (κ1) is 20.9. The largest absolute Gasteiger partial charge is 0.489 e. The highest BCUT2D eigenvalue weighted by atomic mass is 16.5. The Hall–Kier alpha value is -3.80. The monoisotopic (exact) mass is 404 g/mol. The summed E-state index contributed by atoms with van der Waals surface area (Å²) in [5.74, 6) is 0.0374. The molecule has 0 saturated carbocycles. The molecular weight excluding hydrogens is 380 g/mol. The van der Waals surface area contributed by atoms with Crippen LogP contribution in [0.15, 0.2) is 72.8 Å². The molecule has 2 amide bonds. The zero-order valence-electron chi connectivity index (χ0n) is 16.9. The fourth-order valence-electron chi connectivity index (χ4n) is 2.79. The van der Waals surface area contributed by atoms with Crippen LogP contribution in [-0.4, -0.2) is 17.9 Å². The van der Waals surface area contributed by atoms with Crippen LogP contribution in [0.5, 0.6) is 11.5 Å². The van der Waals surface area contributed by atoms with E-state index in [1.54, 1.807) is 49.4 Å². The summed E-state index contributed by atoms with van der Waals surface area (Å²) in [6.07, 6.45) is -0.820. The topological polar surface area (TPSA) is 90.7 Å². The Morgan fingerprint density at radius 1 is 1.00 bits per heavy atom. The zero-order chi connectivity index (χ0) is 21.5. The molecule has 0 aliphatic rings. The van der Waals surface area contributed by atoms with Crippen LogP contribution in [0.2, 0.25) is 0 Å². The summed E-state index contributed by atoms with van der Waals surface area (Å²) in [5, 5.41) is 2.79. The summed E-state index contributed by atoms with van der Waals surface area (Å²) >= 11 is 0. The maximum atomic E-state index is 12.5. The van der Waals surface area contributed by atoms with Gasteiger partial charge in [0.05, 0.1) is 5.56 Å². The zero-order valence-corrected chi connectivity index (χ0v) is 16.9. The third kappa shape index (κ3) is 5.61. The van der Waals surface area contributed by atoms with E-state index in [9.17, 15) is 9.59 Å². The molecule has 6 heteroatoms. The van der Waals surface area contributed by atoms with E-state index < -0.39 is 12.0 Å². The summed E-state index contributed by atoms with van der Waals surface area (Å²) in [4.78, 5) is 24.1. The van der Waals surface area contributed by atoms with Crippen LogP contribution in [0.4, 0.5) is 5.69 Å². The van der Waals surface area contributed by atoms with Crippen LogP contribution >= 0.6 is 0 Å². The summed E-state index contributed by atoms with van der Waals surface area (Å²) < 4.78 is 11.4. The van der Waals surface area contributed by atoms with Crippen molar-refractivity contribution in [2.45, 2.75) is 26.6 Å². The van der Waals surface area contributed by atoms with Crippen molar-refractivity contribution < 1.29 is 19.1 Å². The van der Waals surface area contributed by atoms with Gasteiger partial charge in [-0.2, -0.15) is 0 Å². The predicted molar refractivity (Wildman–Crippen MR) is 116 cm³/mol. The minimum atomic E-state index is -0.820. The Bertz CT molecular complexity index is 1020. The van der Waals surface area contributed by atoms with Crippen molar-refractivity contribution in [2.75, 3.05) is 5.32 Å². The summed E-state index contributed by atoms with van der Waals surface area (Å²) in [5.41, 5.74) is 8.21. The van der Waals surface area contributed by atoms with Gasteiger partial charge in [-0.15, -0.1) is 0 Å². The molecule has 3 aromatic rings. The number of primary amides is 1. The average molecular weight is 404 g/mol. The second kappa shape index (κ2) is 9.60. The minimum absolute atomic E-state index is 0.236. The Morgan fingerprint density at radius 2 is 1.70 bits per heavy atom. The Labute approximate surface area is 175 Å². The number of benzene rings is 3. The van der Waals surface area contributed by atoms with Gasteiger partial charge in [0.25, 0.3) is 11.8 Å². The van der Waals surface area contributed by atoms with E-state index in [4.69, 9.17) is 15.2 Å². The SMILES string of the molecule is Cc1ccc(C(N)=O)c(OC(C)C(=O)Nc2ccc(OCc3ccccc3)cc2)c1. The maximum absolute atomic E-state index is 12.5. The molecule has 154 valence electrons. The molecule has 0 bridgehead atoms. The van der Waals surface area contributed by atoms with Gasteiger partial charge in [-0.3, -0.25) is 9.59 Å². The van der Waals surface area contributed by atoms with Gasteiger partial charge in [0.15, 0.2) is 6.10 Å². The molecular formula is C24H24N2O4. The standard InChI is InChI=1S/C24H24N2O4/c1-16-8-13-21(23(25)27)22(14-16)30-17(2)24(28)26-19-9-11-20(12-10-19)29-15-18-6-4-3-5-7-18/h3-14,17H,15H2,1-2H3,(H2,25,27)(H,26,28). The maximum Gasteiger partial charge on any atom is 0.265 e. The molecule has 0 radical (unpaired) electrons. The molecule has 3 N–H and O–H groups in total. The normalized spacial score (nSPS) is 11.4. The molecule has 30 heavy (non-hydrogen) atoms. The Balaban J connectivity index is 1.58. The number of amides is 2. The van der Waals surface area contributed by atoms with Gasteiger partial charge in [-0.25, -0.2) is 0 Å². The van der Waals surface area contributed by atoms with Crippen molar-refractivity contribution in [2.24, 2.45) is 5.73 Å². The number of nitrogens with one attached hydrogen (secondary N) is 1. The number of hydrogen-bond donors (Lipinski definition) is 2. The summed E-state index contributed by atoms with van der Waals surface area (Å²) in [6.45, 7) is 3.94. The van der Waals surface area contributed by atoms with Crippen molar-refractivity contribution in [3.05, 3.63) is 89.5 Å². The van der Waals surface area contributed by atoms with E-state index >= 15 is 0 Å². The number of aryl methyl sites for hydroxylation is 1. The van der Waals surface area contributed by atoms with Gasteiger partial charge in [-0.1, -0.05) is 36.4 Å². The molecule has 6 nitrogen and oxygen atoms in total. The van der Waals surface area contributed by atoms with Gasteiger partial charge in [0.2, 0.25) is 0 Å². The van der Waals surface area contributed by atoms with Crippen molar-refractivity contribution in [3.8, 4) is 11.5 Å². The van der Waals surface area contributed by atoms with Gasteiger partial charge < -0.3 is 20.5 Å². The predicted octanol–water partition coefficient (Wildman–Crippen LogP) is 4.08. The van der Waals surface area contributed by atoms with Gasteiger partial charge in [0.1, 0.15) is 18.1 Å². The lowest BCUT2D eigenvalue weighted by Crippen LogP contribution is -2.31. The number of carbonyl (C=O) groups is 2. The molecule has 0 fully saturated rings. The van der Waals surface area contributed by atoms with Crippen molar-refractivity contribution in [1.82, 2.24) is 0 Å². The quantitative estimate of drug-likeness (QED) is 0.592. The number of rotatable bonds is 8. The van der Waals surface area contributed by atoms with Crippen LogP contribution in [0, 0.1) is 6.92 Å². The van der Waals surface area contributed by atoms with E-state index in [1.165, 1.54) is 0 Å². The van der Waals surface area contributed by atoms with Gasteiger partial charge >= 0.3 is 0 Å². The second-order valence-electron chi connectivity index (χ2n) is 6.91. The molecule has 3 rings (SSSR count). The first-order chi connectivity index (χ1) is 14.4. The Kier molecular flexibility index (Phi) is 6.70. The molecule has 0 aliphatic heterocycles. The van der Waals surface area contributed by atoms with Gasteiger partial charge in [-0.05, 0) is 61.4 Å². The highest BCUT2D eigenvalue weighted by Crippen LogP contribution is 2.22. The second-order valence-corrected chi connectivity index (χ2v) is 6.91. The minimum Gasteiger partial charge on any atom is -0.489 e. The molecule has 0 saturated heterocycles. The fraction of sp³-hybridized carbons (Fsp3) is 0.167. The fourth-order valence-corrected chi connectivity index (χ4v) is 2.79. The van der Waals surface area contributed by atoms with Crippen LogP contribution in [-0.2, 0) is 11.4 Å². The number of carbonyl (C=O) groups excluding carboxylic acids is 2. The third-order valence-corrected chi connectivity index (χ3v) is 4.45. The van der Waals surface area contributed by atoms with Crippen LogP contribution in [0.1, 0.15) is 28.4 Å². The van der Waals surface area contributed by atoms with Crippen molar-refractivity contribution >= 4 is 17.5 Å². The number of ether oxygens (including phenoxy) is 2. The van der Waals surface area contributed by atoms with Crippen molar-refractivity contribution in [1.29, 1.82) is 0 Å². The third-order valence-electron chi connectivity index (χ3n) is 4.45. The molecule has 1 atom stereocenters. The van der Waals surface area contributed by atoms with E-state index in [-0.39, 0.29) is 17.2 Å². The van der Waals surface area contributed by atoms with E-state index in [2.05, 4.69) is 5.32 Å². The van der Waals surface area contributed by atoms with Crippen LogP contribution < -0.4 is 20.5 Å². The molecule has 1 unspecified atom stereocenters. The molecule has 0 aliphatic carbocycles. The number of nitrogens with two attached hydrogens (primary N) is 1. The van der Waals surface area contributed by atoms with Crippen LogP contribution in [0.3, 0.4) is 0 Å². The molecule has 3 aromatic carbocycles. The summed E-state index contributed by atoms with van der Waals surface area (Å²) in [6, 6.07) is 22.0. The summed E-state index contributed by atoms with van der Waals surface area (Å²) in [7, 11) is 0. The van der Waals surface area contributed by atoms with E-state index in [0.29, 0.717) is 18.0 Å². The van der Waals surface area contributed by atoms with Crippen molar-refractivity contribution in [3.63, 3.8) is 0 Å². The highest BCUT2D eigenvalue weighted by Gasteiger charge is 2.18. The average Bonchev–Trinajstić information content (AvgIpc) is 2.73. The molecule has 0 heterocycles. The lowest BCUT2D eigenvalue weighted by molar-refractivity contribution is -0.122. The van der Waals surface area contributed by atoms with E-state index in [1.807, 2.05) is 37.3 Å². The number of anilines is 1.